The lowest BCUT2D eigenvalue weighted by molar-refractivity contribution is -0.0503. The maximum atomic E-state index is 12.3. The summed E-state index contributed by atoms with van der Waals surface area (Å²) in [6.07, 6.45) is 3.60. The van der Waals surface area contributed by atoms with Crippen LogP contribution in [0.25, 0.3) is 0 Å². The zero-order valence-corrected chi connectivity index (χ0v) is 14.5. The first-order chi connectivity index (χ1) is 11.6. The van der Waals surface area contributed by atoms with Crippen molar-refractivity contribution in [1.29, 1.82) is 0 Å². The highest BCUT2D eigenvalue weighted by molar-refractivity contribution is 9.10. The van der Waals surface area contributed by atoms with Crippen LogP contribution in [0.4, 0.5) is 8.78 Å². The van der Waals surface area contributed by atoms with Crippen LogP contribution in [0.15, 0.2) is 47.2 Å². The minimum absolute atomic E-state index is 0.153. The van der Waals surface area contributed by atoms with Gasteiger partial charge in [0.05, 0.1) is 4.47 Å². The molecule has 1 fully saturated rings. The quantitative estimate of drug-likeness (QED) is 0.836. The lowest BCUT2D eigenvalue weighted by atomic mass is 10.0. The molecule has 0 saturated carbocycles. The van der Waals surface area contributed by atoms with Crippen molar-refractivity contribution in [2.45, 2.75) is 19.2 Å². The minimum Gasteiger partial charge on any atom is -0.434 e. The van der Waals surface area contributed by atoms with Crippen molar-refractivity contribution in [1.82, 2.24) is 15.2 Å². The number of nitrogens with zero attached hydrogens (tertiary/aromatic N) is 2. The van der Waals surface area contributed by atoms with Crippen molar-refractivity contribution in [3.05, 3.63) is 58.3 Å². The number of piperazine rings is 1. The Morgan fingerprint density at radius 2 is 2.08 bits per heavy atom. The van der Waals surface area contributed by atoms with Gasteiger partial charge in [0, 0.05) is 44.6 Å². The number of hydrogen-bond acceptors (Lipinski definition) is 4. The summed E-state index contributed by atoms with van der Waals surface area (Å²) < 4.78 is 29.7. The highest BCUT2D eigenvalue weighted by Gasteiger charge is 2.24. The predicted octanol–water partition coefficient (Wildman–Crippen LogP) is 3.59. The van der Waals surface area contributed by atoms with Gasteiger partial charge in [-0.2, -0.15) is 8.78 Å². The summed E-state index contributed by atoms with van der Waals surface area (Å²) in [6.45, 7) is 0.631. The van der Waals surface area contributed by atoms with E-state index >= 15 is 0 Å². The second kappa shape index (κ2) is 8.00. The molecule has 1 aromatic heterocycles. The Morgan fingerprint density at radius 1 is 1.29 bits per heavy atom. The van der Waals surface area contributed by atoms with Gasteiger partial charge in [0.2, 0.25) is 0 Å². The Labute approximate surface area is 148 Å². The van der Waals surface area contributed by atoms with Crippen LogP contribution in [0.2, 0.25) is 0 Å². The summed E-state index contributed by atoms with van der Waals surface area (Å²) >= 11 is 3.30. The van der Waals surface area contributed by atoms with Crippen molar-refractivity contribution >= 4 is 15.9 Å². The predicted molar refractivity (Wildman–Crippen MR) is 91.0 cm³/mol. The van der Waals surface area contributed by atoms with E-state index in [0.29, 0.717) is 4.47 Å². The third-order valence-corrected chi connectivity index (χ3v) is 4.66. The topological polar surface area (TPSA) is 37.4 Å². The van der Waals surface area contributed by atoms with Crippen molar-refractivity contribution in [2.24, 2.45) is 0 Å². The van der Waals surface area contributed by atoms with Crippen LogP contribution in [-0.2, 0) is 6.54 Å². The van der Waals surface area contributed by atoms with Crippen LogP contribution >= 0.6 is 15.9 Å². The van der Waals surface area contributed by atoms with E-state index in [9.17, 15) is 8.78 Å². The van der Waals surface area contributed by atoms with Gasteiger partial charge in [-0.1, -0.05) is 6.07 Å². The van der Waals surface area contributed by atoms with Gasteiger partial charge in [-0.15, -0.1) is 0 Å². The number of halogens is 3. The molecule has 7 heteroatoms. The van der Waals surface area contributed by atoms with E-state index in [1.807, 2.05) is 24.3 Å². The molecule has 24 heavy (non-hydrogen) atoms. The number of rotatable bonds is 5. The summed E-state index contributed by atoms with van der Waals surface area (Å²) in [5, 5.41) is 3.42. The Bertz CT molecular complexity index is 672. The fourth-order valence-corrected chi connectivity index (χ4v) is 3.44. The van der Waals surface area contributed by atoms with E-state index in [2.05, 4.69) is 35.9 Å². The fraction of sp³-hybridized carbons (Fsp3) is 0.353. The molecule has 1 aliphatic heterocycles. The largest absolute Gasteiger partial charge is 0.434 e. The number of pyridine rings is 1. The van der Waals surface area contributed by atoms with E-state index in [0.717, 1.165) is 31.7 Å². The van der Waals surface area contributed by atoms with Crippen molar-refractivity contribution in [2.75, 3.05) is 19.6 Å². The molecule has 0 amide bonds. The number of benzene rings is 1. The normalized spacial score (nSPS) is 18.8. The molecule has 4 nitrogen and oxygen atoms in total. The Hall–Kier alpha value is -1.57. The first-order valence-corrected chi connectivity index (χ1v) is 8.50. The zero-order chi connectivity index (χ0) is 16.9. The average Bonchev–Trinajstić information content (AvgIpc) is 2.58. The molecule has 0 aliphatic carbocycles. The van der Waals surface area contributed by atoms with Crippen LogP contribution in [0, 0.1) is 0 Å². The average molecular weight is 398 g/mol. The second-order valence-corrected chi connectivity index (χ2v) is 6.47. The minimum atomic E-state index is -2.82. The lowest BCUT2D eigenvalue weighted by Crippen LogP contribution is -2.45. The number of ether oxygens (including phenoxy) is 1. The number of hydrogen-bond donors (Lipinski definition) is 1. The second-order valence-electron chi connectivity index (χ2n) is 5.61. The first-order valence-electron chi connectivity index (χ1n) is 7.71. The van der Waals surface area contributed by atoms with Crippen LogP contribution in [0.3, 0.4) is 0 Å². The van der Waals surface area contributed by atoms with E-state index in [1.54, 1.807) is 18.5 Å². The van der Waals surface area contributed by atoms with Gasteiger partial charge in [-0.3, -0.25) is 9.88 Å². The molecule has 0 spiro atoms. The third kappa shape index (κ3) is 4.28. The van der Waals surface area contributed by atoms with Gasteiger partial charge in [-0.25, -0.2) is 0 Å². The van der Waals surface area contributed by atoms with Crippen LogP contribution < -0.4 is 10.1 Å². The fourth-order valence-electron chi connectivity index (χ4n) is 2.92. The third-order valence-electron chi connectivity index (χ3n) is 4.04. The maximum absolute atomic E-state index is 12.3. The molecule has 1 aliphatic rings. The molecule has 0 bridgehead atoms. The SMILES string of the molecule is FC(F)Oc1ccc(CN2CCNCC2c2ccncc2)cc1Br. The maximum Gasteiger partial charge on any atom is 0.387 e. The Kier molecular flexibility index (Phi) is 5.76. The molecule has 1 atom stereocenters. The first kappa shape index (κ1) is 17.3. The molecule has 2 aromatic rings. The summed E-state index contributed by atoms with van der Waals surface area (Å²) in [6, 6.07) is 9.56. The standard InChI is InChI=1S/C17H18BrF2N3O/c18-14-9-12(1-2-16(14)24-17(19)20)11-23-8-7-22-10-15(23)13-3-5-21-6-4-13/h1-6,9,15,17,22H,7-8,10-11H2. The van der Waals surface area contributed by atoms with Crippen LogP contribution in [-0.4, -0.2) is 36.1 Å². The van der Waals surface area contributed by atoms with Gasteiger partial charge in [0.25, 0.3) is 0 Å². The van der Waals surface area contributed by atoms with Crippen molar-refractivity contribution < 1.29 is 13.5 Å². The number of nitrogens with one attached hydrogen (secondary N) is 1. The smallest absolute Gasteiger partial charge is 0.387 e. The molecule has 1 saturated heterocycles. The van der Waals surface area contributed by atoms with Crippen molar-refractivity contribution in [3.63, 3.8) is 0 Å². The van der Waals surface area contributed by atoms with Gasteiger partial charge >= 0.3 is 6.61 Å². The van der Waals surface area contributed by atoms with Gasteiger partial charge < -0.3 is 10.1 Å². The number of aromatic nitrogens is 1. The van der Waals surface area contributed by atoms with Crippen LogP contribution in [0.5, 0.6) is 5.75 Å². The molecule has 1 N–H and O–H groups in total. The molecular weight excluding hydrogens is 380 g/mol. The Balaban J connectivity index is 1.75. The lowest BCUT2D eigenvalue weighted by Gasteiger charge is -2.36. The van der Waals surface area contributed by atoms with Crippen molar-refractivity contribution in [3.8, 4) is 5.75 Å². The highest BCUT2D eigenvalue weighted by Crippen LogP contribution is 2.29. The zero-order valence-electron chi connectivity index (χ0n) is 13.0. The monoisotopic (exact) mass is 397 g/mol. The molecule has 1 aromatic carbocycles. The van der Waals surface area contributed by atoms with E-state index in [1.165, 1.54) is 5.56 Å². The van der Waals surface area contributed by atoms with Crippen LogP contribution in [0.1, 0.15) is 17.2 Å². The van der Waals surface area contributed by atoms with Gasteiger partial charge in [-0.05, 0) is 51.3 Å². The van der Waals surface area contributed by atoms with E-state index in [-0.39, 0.29) is 11.8 Å². The Morgan fingerprint density at radius 3 is 2.79 bits per heavy atom. The molecular formula is C17H18BrF2N3O. The summed E-state index contributed by atoms with van der Waals surface area (Å²) in [7, 11) is 0. The highest BCUT2D eigenvalue weighted by atomic mass is 79.9. The molecule has 0 radical (unpaired) electrons. The molecule has 128 valence electrons. The molecule has 2 heterocycles. The summed E-state index contributed by atoms with van der Waals surface area (Å²) in [5.41, 5.74) is 2.26. The number of alkyl halides is 2. The summed E-state index contributed by atoms with van der Waals surface area (Å²) in [4.78, 5) is 6.45. The van der Waals surface area contributed by atoms with E-state index in [4.69, 9.17) is 0 Å². The molecule has 1 unspecified atom stereocenters. The van der Waals surface area contributed by atoms with Gasteiger partial charge in [0.15, 0.2) is 0 Å². The molecule has 3 rings (SSSR count). The summed E-state index contributed by atoms with van der Waals surface area (Å²) in [5.74, 6) is 0.153. The van der Waals surface area contributed by atoms with E-state index < -0.39 is 6.61 Å². The van der Waals surface area contributed by atoms with Gasteiger partial charge in [0.1, 0.15) is 5.75 Å².